The molecule has 178 valence electrons. The van der Waals surface area contributed by atoms with E-state index in [1.807, 2.05) is 24.3 Å². The summed E-state index contributed by atoms with van der Waals surface area (Å²) in [5.74, 6) is 1.24. The van der Waals surface area contributed by atoms with Crippen molar-refractivity contribution >= 4 is 0 Å². The van der Waals surface area contributed by atoms with Gasteiger partial charge in [-0.15, -0.1) is 0 Å². The van der Waals surface area contributed by atoms with E-state index in [1.165, 1.54) is 63.0 Å². The average Bonchev–Trinajstić information content (AvgIpc) is 3.31. The summed E-state index contributed by atoms with van der Waals surface area (Å²) in [5.41, 5.74) is 2.85. The van der Waals surface area contributed by atoms with Gasteiger partial charge in [0.25, 0.3) is 5.89 Å². The number of unbranched alkanes of at least 4 members (excludes halogenated alkanes) is 8. The number of halogens is 1. The molecule has 0 aliphatic rings. The van der Waals surface area contributed by atoms with Gasteiger partial charge in [-0.2, -0.15) is 4.98 Å². The topological polar surface area (TPSA) is 51.0 Å². The first kappa shape index (κ1) is 25.1. The minimum Gasteiger partial charge on any atom is -0.334 e. The molecule has 0 fully saturated rings. The van der Waals surface area contributed by atoms with Crippen molar-refractivity contribution in [2.75, 3.05) is 6.54 Å². The fourth-order valence-corrected chi connectivity index (χ4v) is 3.99. The lowest BCUT2D eigenvalue weighted by Crippen LogP contribution is -2.17. The van der Waals surface area contributed by atoms with Crippen molar-refractivity contribution in [1.82, 2.24) is 15.5 Å². The molecule has 4 nitrogen and oxygen atoms in total. The molecular weight excluding hydrogens is 413 g/mol. The first-order valence-electron chi connectivity index (χ1n) is 12.6. The Morgan fingerprint density at radius 3 is 2.24 bits per heavy atom. The van der Waals surface area contributed by atoms with Gasteiger partial charge >= 0.3 is 0 Å². The Morgan fingerprint density at radius 1 is 0.818 bits per heavy atom. The molecular formula is C28H38FN3O. The monoisotopic (exact) mass is 451 g/mol. The fourth-order valence-electron chi connectivity index (χ4n) is 3.99. The molecule has 1 heterocycles. The number of hydrogen-bond donors (Lipinski definition) is 1. The second-order valence-electron chi connectivity index (χ2n) is 8.81. The van der Waals surface area contributed by atoms with E-state index in [0.29, 0.717) is 12.3 Å². The number of aryl methyl sites for hydroxylation is 1. The molecule has 5 heteroatoms. The van der Waals surface area contributed by atoms with Gasteiger partial charge in [-0.1, -0.05) is 93.8 Å². The number of nitrogens with zero attached hydrogens (tertiary/aromatic N) is 2. The second-order valence-corrected chi connectivity index (χ2v) is 8.81. The molecule has 0 saturated carbocycles. The molecule has 0 spiro atoms. The minimum atomic E-state index is -0.139. The predicted octanol–water partition coefficient (Wildman–Crippen LogP) is 7.28. The van der Waals surface area contributed by atoms with Gasteiger partial charge in [-0.05, 0) is 48.7 Å². The molecule has 0 aliphatic carbocycles. The Bertz CT molecular complexity index is 923. The SMILES string of the molecule is CCCCCCCCCCCc1noc(-c2ccc(CNCCc3ccccc3F)cc2)n1. The van der Waals surface area contributed by atoms with Crippen molar-refractivity contribution in [2.24, 2.45) is 0 Å². The highest BCUT2D eigenvalue weighted by molar-refractivity contribution is 5.53. The molecule has 1 N–H and O–H groups in total. The largest absolute Gasteiger partial charge is 0.334 e. The first-order valence-corrected chi connectivity index (χ1v) is 12.6. The highest BCUT2D eigenvalue weighted by Crippen LogP contribution is 2.19. The number of benzene rings is 2. The van der Waals surface area contributed by atoms with Crippen molar-refractivity contribution in [3.05, 3.63) is 71.3 Å². The Morgan fingerprint density at radius 2 is 1.52 bits per heavy atom. The van der Waals surface area contributed by atoms with E-state index in [-0.39, 0.29) is 5.82 Å². The van der Waals surface area contributed by atoms with Crippen LogP contribution < -0.4 is 5.32 Å². The average molecular weight is 452 g/mol. The normalized spacial score (nSPS) is 11.2. The Hall–Kier alpha value is -2.53. The molecule has 2 aromatic carbocycles. The third-order valence-electron chi connectivity index (χ3n) is 6.03. The zero-order chi connectivity index (χ0) is 23.1. The van der Waals surface area contributed by atoms with Crippen LogP contribution in [0.2, 0.25) is 0 Å². The van der Waals surface area contributed by atoms with Crippen LogP contribution in [-0.4, -0.2) is 16.7 Å². The maximum Gasteiger partial charge on any atom is 0.257 e. The Balaban J connectivity index is 1.32. The number of nitrogens with one attached hydrogen (secondary N) is 1. The first-order chi connectivity index (χ1) is 16.3. The standard InChI is InChI=1S/C28H38FN3O/c1-2-3-4-5-6-7-8-9-10-15-27-31-28(33-32-27)25-18-16-23(17-19-25)22-30-21-20-24-13-11-12-14-26(24)29/h11-14,16-19,30H,2-10,15,20-22H2,1H3. The van der Waals surface area contributed by atoms with Crippen LogP contribution in [0.3, 0.4) is 0 Å². The van der Waals surface area contributed by atoms with E-state index >= 15 is 0 Å². The lowest BCUT2D eigenvalue weighted by Gasteiger charge is -2.06. The van der Waals surface area contributed by atoms with Crippen LogP contribution in [0.4, 0.5) is 4.39 Å². The maximum atomic E-state index is 13.7. The number of aromatic nitrogens is 2. The van der Waals surface area contributed by atoms with Gasteiger partial charge in [0.2, 0.25) is 0 Å². The summed E-state index contributed by atoms with van der Waals surface area (Å²) in [6, 6.07) is 15.1. The maximum absolute atomic E-state index is 13.7. The number of rotatable bonds is 16. The van der Waals surface area contributed by atoms with Gasteiger partial charge < -0.3 is 9.84 Å². The Kier molecular flexibility index (Phi) is 11.1. The molecule has 1 aromatic heterocycles. The lowest BCUT2D eigenvalue weighted by atomic mass is 10.1. The van der Waals surface area contributed by atoms with Crippen LogP contribution in [-0.2, 0) is 19.4 Å². The summed E-state index contributed by atoms with van der Waals surface area (Å²) in [5, 5.41) is 7.52. The summed E-state index contributed by atoms with van der Waals surface area (Å²) in [6.45, 7) is 3.73. The second kappa shape index (κ2) is 14.6. The molecule has 0 atom stereocenters. The smallest absolute Gasteiger partial charge is 0.257 e. The fraction of sp³-hybridized carbons (Fsp3) is 0.500. The third-order valence-corrected chi connectivity index (χ3v) is 6.03. The van der Waals surface area contributed by atoms with Crippen LogP contribution in [0.5, 0.6) is 0 Å². The van der Waals surface area contributed by atoms with E-state index in [2.05, 4.69) is 34.5 Å². The van der Waals surface area contributed by atoms with Crippen LogP contribution in [0.15, 0.2) is 53.1 Å². The summed E-state index contributed by atoms with van der Waals surface area (Å²) in [6.07, 6.45) is 13.4. The van der Waals surface area contributed by atoms with E-state index in [9.17, 15) is 4.39 Å². The molecule has 0 bridgehead atoms. The quantitative estimate of drug-likeness (QED) is 0.232. The van der Waals surface area contributed by atoms with Crippen LogP contribution in [0.1, 0.15) is 81.7 Å². The van der Waals surface area contributed by atoms with Crippen LogP contribution >= 0.6 is 0 Å². The van der Waals surface area contributed by atoms with Gasteiger partial charge in [-0.25, -0.2) is 4.39 Å². The lowest BCUT2D eigenvalue weighted by molar-refractivity contribution is 0.421. The van der Waals surface area contributed by atoms with Crippen molar-refractivity contribution in [1.29, 1.82) is 0 Å². The van der Waals surface area contributed by atoms with Crippen molar-refractivity contribution in [3.63, 3.8) is 0 Å². The van der Waals surface area contributed by atoms with Crippen LogP contribution in [0, 0.1) is 5.82 Å². The predicted molar refractivity (Wildman–Crippen MR) is 132 cm³/mol. The zero-order valence-electron chi connectivity index (χ0n) is 20.0. The van der Waals surface area contributed by atoms with E-state index in [1.54, 1.807) is 6.07 Å². The molecule has 0 saturated heterocycles. The van der Waals surface area contributed by atoms with Gasteiger partial charge in [0.15, 0.2) is 5.82 Å². The summed E-state index contributed by atoms with van der Waals surface area (Å²) < 4.78 is 19.1. The van der Waals surface area contributed by atoms with E-state index in [0.717, 1.165) is 42.9 Å². The zero-order valence-corrected chi connectivity index (χ0v) is 20.0. The van der Waals surface area contributed by atoms with E-state index < -0.39 is 0 Å². The molecule has 33 heavy (non-hydrogen) atoms. The van der Waals surface area contributed by atoms with Crippen molar-refractivity contribution in [3.8, 4) is 11.5 Å². The molecule has 0 amide bonds. The van der Waals surface area contributed by atoms with Gasteiger partial charge in [-0.3, -0.25) is 0 Å². The van der Waals surface area contributed by atoms with Crippen molar-refractivity contribution < 1.29 is 8.91 Å². The molecule has 3 rings (SSSR count). The van der Waals surface area contributed by atoms with E-state index in [4.69, 9.17) is 4.52 Å². The number of hydrogen-bond acceptors (Lipinski definition) is 4. The summed E-state index contributed by atoms with van der Waals surface area (Å²) in [4.78, 5) is 4.57. The Labute approximate surface area is 198 Å². The third kappa shape index (κ3) is 9.09. The molecule has 3 aromatic rings. The van der Waals surface area contributed by atoms with Gasteiger partial charge in [0, 0.05) is 18.5 Å². The van der Waals surface area contributed by atoms with Crippen LogP contribution in [0.25, 0.3) is 11.5 Å². The highest BCUT2D eigenvalue weighted by atomic mass is 19.1. The minimum absolute atomic E-state index is 0.139. The van der Waals surface area contributed by atoms with Gasteiger partial charge in [0.1, 0.15) is 5.82 Å². The molecule has 0 radical (unpaired) electrons. The highest BCUT2D eigenvalue weighted by Gasteiger charge is 2.09. The van der Waals surface area contributed by atoms with Crippen molar-refractivity contribution in [2.45, 2.75) is 84.1 Å². The summed E-state index contributed by atoms with van der Waals surface area (Å²) in [7, 11) is 0. The molecule has 0 aliphatic heterocycles. The summed E-state index contributed by atoms with van der Waals surface area (Å²) >= 11 is 0. The molecule has 0 unspecified atom stereocenters. The van der Waals surface area contributed by atoms with Gasteiger partial charge in [0.05, 0.1) is 0 Å².